The second-order valence-electron chi connectivity index (χ2n) is 6.57. The average molecular weight is 350 g/mol. The number of carbonyl (C=O) groups excluding carboxylic acids is 1. The predicted octanol–water partition coefficient (Wildman–Crippen LogP) is 3.58. The number of nitrogens with zero attached hydrogens (tertiary/aromatic N) is 3. The molecular weight excluding hydrogens is 330 g/mol. The van der Waals surface area contributed by atoms with Crippen LogP contribution in [0.5, 0.6) is 0 Å². The Morgan fingerprint density at radius 2 is 1.88 bits per heavy atom. The first-order valence-electron chi connectivity index (χ1n) is 8.55. The van der Waals surface area contributed by atoms with Crippen molar-refractivity contribution in [2.24, 2.45) is 0 Å². The summed E-state index contributed by atoms with van der Waals surface area (Å²) in [5, 5.41) is 28.8. The number of hydrogen-bond acceptors (Lipinski definition) is 5. The van der Waals surface area contributed by atoms with E-state index < -0.39 is 0 Å². The summed E-state index contributed by atoms with van der Waals surface area (Å²) in [4.78, 5) is 14.6. The first kappa shape index (κ1) is 17.9. The number of rotatable bonds is 3. The molecule has 1 heterocycles. The smallest absolute Gasteiger partial charge is 0.254 e. The maximum Gasteiger partial charge on any atom is 0.254 e. The molecule has 0 spiro atoms. The summed E-state index contributed by atoms with van der Waals surface area (Å²) in [5.74, 6) is 0.248. The summed E-state index contributed by atoms with van der Waals surface area (Å²) >= 11 is 0. The van der Waals surface area contributed by atoms with Crippen LogP contribution in [0.3, 0.4) is 0 Å². The number of amides is 1. The molecule has 1 aliphatic rings. The quantitative estimate of drug-likeness (QED) is 0.855. The number of anilines is 1. The van der Waals surface area contributed by atoms with Crippen molar-refractivity contribution >= 4 is 11.6 Å². The maximum atomic E-state index is 12.8. The van der Waals surface area contributed by atoms with Crippen LogP contribution in [-0.2, 0) is 0 Å². The minimum Gasteiger partial charge on any atom is -0.733 e. The number of carbonyl (C=O) groups is 1. The monoisotopic (exact) mass is 350 g/mol. The number of aryl methyl sites for hydroxylation is 1. The Kier molecular flexibility index (Phi) is 5.21. The van der Waals surface area contributed by atoms with Crippen molar-refractivity contribution in [3.8, 4) is 6.07 Å². The molecule has 1 saturated heterocycles. The lowest BCUT2D eigenvalue weighted by molar-refractivity contribution is 0.0712. The van der Waals surface area contributed by atoms with Crippen molar-refractivity contribution in [3.63, 3.8) is 0 Å². The van der Waals surface area contributed by atoms with Gasteiger partial charge in [0, 0.05) is 18.7 Å². The van der Waals surface area contributed by atoms with Gasteiger partial charge in [-0.05, 0) is 61.1 Å². The molecule has 26 heavy (non-hydrogen) atoms. The molecule has 0 bridgehead atoms. The lowest BCUT2D eigenvalue weighted by atomic mass is 9.88. The van der Waals surface area contributed by atoms with Gasteiger partial charge in [-0.1, -0.05) is 18.2 Å². The largest absolute Gasteiger partial charge is 0.733 e. The van der Waals surface area contributed by atoms with Crippen molar-refractivity contribution < 1.29 is 10.0 Å². The molecule has 1 fully saturated rings. The van der Waals surface area contributed by atoms with Crippen LogP contribution in [0.25, 0.3) is 0 Å². The summed E-state index contributed by atoms with van der Waals surface area (Å²) in [6.45, 7) is 3.08. The van der Waals surface area contributed by atoms with Crippen LogP contribution in [0, 0.1) is 23.5 Å². The van der Waals surface area contributed by atoms with Crippen LogP contribution in [0.1, 0.15) is 45.8 Å². The van der Waals surface area contributed by atoms with Gasteiger partial charge >= 0.3 is 0 Å². The third kappa shape index (κ3) is 3.69. The normalized spacial score (nSPS) is 14.8. The highest BCUT2D eigenvalue weighted by Gasteiger charge is 2.25. The van der Waals surface area contributed by atoms with Gasteiger partial charge in [0.05, 0.1) is 17.3 Å². The minimum absolute atomic E-state index is 0.0476. The van der Waals surface area contributed by atoms with Gasteiger partial charge in [-0.3, -0.25) is 10.0 Å². The molecule has 3 rings (SSSR count). The fourth-order valence-corrected chi connectivity index (χ4v) is 3.38. The van der Waals surface area contributed by atoms with E-state index >= 15 is 0 Å². The highest BCUT2D eigenvalue weighted by molar-refractivity contribution is 5.96. The first-order valence-corrected chi connectivity index (χ1v) is 8.55. The van der Waals surface area contributed by atoms with E-state index in [2.05, 4.69) is 6.07 Å². The lowest BCUT2D eigenvalue weighted by Crippen LogP contribution is -2.38. The Balaban J connectivity index is 1.68. The molecule has 0 aromatic heterocycles. The molecule has 2 aromatic carbocycles. The molecule has 0 radical (unpaired) electrons. The Bertz CT molecular complexity index is 832. The van der Waals surface area contributed by atoms with Crippen LogP contribution in [0.4, 0.5) is 5.69 Å². The van der Waals surface area contributed by atoms with Crippen LogP contribution < -0.4 is 5.23 Å². The number of hydrogen-bond donors (Lipinski definition) is 1. The van der Waals surface area contributed by atoms with Crippen LogP contribution in [0.2, 0.25) is 0 Å². The van der Waals surface area contributed by atoms with Crippen molar-refractivity contribution in [1.29, 1.82) is 5.26 Å². The second kappa shape index (κ2) is 7.56. The Morgan fingerprint density at radius 1 is 1.23 bits per heavy atom. The van der Waals surface area contributed by atoms with Gasteiger partial charge in [-0.25, -0.2) is 0 Å². The second-order valence-corrected chi connectivity index (χ2v) is 6.57. The average Bonchev–Trinajstić information content (AvgIpc) is 2.68. The number of nitriles is 1. The van der Waals surface area contributed by atoms with Gasteiger partial charge in [0.2, 0.25) is 0 Å². The molecule has 0 aliphatic carbocycles. The zero-order valence-corrected chi connectivity index (χ0v) is 14.6. The third-order valence-electron chi connectivity index (χ3n) is 4.97. The molecule has 134 valence electrons. The Morgan fingerprint density at radius 3 is 2.46 bits per heavy atom. The van der Waals surface area contributed by atoms with E-state index in [1.807, 2.05) is 31.2 Å². The van der Waals surface area contributed by atoms with Crippen molar-refractivity contribution in [2.75, 3.05) is 18.3 Å². The molecule has 1 aliphatic heterocycles. The van der Waals surface area contributed by atoms with Crippen LogP contribution >= 0.6 is 0 Å². The molecule has 2 aromatic rings. The Labute approximate surface area is 152 Å². The zero-order valence-electron chi connectivity index (χ0n) is 14.6. The van der Waals surface area contributed by atoms with Crippen LogP contribution in [0.15, 0.2) is 42.5 Å². The number of benzene rings is 2. The summed E-state index contributed by atoms with van der Waals surface area (Å²) < 4.78 is 0. The van der Waals surface area contributed by atoms with Crippen molar-refractivity contribution in [3.05, 3.63) is 69.9 Å². The van der Waals surface area contributed by atoms with Gasteiger partial charge in [-0.15, -0.1) is 0 Å². The lowest BCUT2D eigenvalue weighted by Gasteiger charge is -2.33. The molecule has 6 heteroatoms. The Hall–Kier alpha value is -2.88. The molecule has 0 unspecified atom stereocenters. The molecular formula is C20H20N3O3-. The SMILES string of the molecule is Cc1ccc(N([O-])O)cc1C(=O)N1CCC(c2ccc(C#N)cc2)CC1. The van der Waals surface area contributed by atoms with Gasteiger partial charge in [0.1, 0.15) is 0 Å². The third-order valence-corrected chi connectivity index (χ3v) is 4.97. The highest BCUT2D eigenvalue weighted by atomic mass is 16.8. The summed E-state index contributed by atoms with van der Waals surface area (Å²) in [5.41, 5.74) is 3.10. The van der Waals surface area contributed by atoms with Crippen LogP contribution in [-0.4, -0.2) is 29.1 Å². The fraction of sp³-hybridized carbons (Fsp3) is 0.300. The highest BCUT2D eigenvalue weighted by Crippen LogP contribution is 2.29. The standard InChI is InChI=1S/C20H20N3O3/c1-14-2-7-18(23(25)26)12-19(14)20(24)22-10-8-17(9-11-22)16-5-3-15(13-21)4-6-16/h2-7,12,17,25H,8-11H2,1H3/q-1. The first-order chi connectivity index (χ1) is 12.5. The van der Waals surface area contributed by atoms with E-state index in [1.54, 1.807) is 11.0 Å². The molecule has 1 N–H and O–H groups in total. The number of likely N-dealkylation sites (tertiary alicyclic amines) is 1. The molecule has 0 saturated carbocycles. The van der Waals surface area contributed by atoms with E-state index in [-0.39, 0.29) is 16.8 Å². The minimum atomic E-state index is -0.229. The van der Waals surface area contributed by atoms with E-state index in [9.17, 15) is 10.0 Å². The molecule has 0 atom stereocenters. The zero-order chi connectivity index (χ0) is 18.7. The molecule has 1 amide bonds. The van der Waals surface area contributed by atoms with Gasteiger partial charge in [0.15, 0.2) is 0 Å². The van der Waals surface area contributed by atoms with E-state index in [4.69, 9.17) is 10.5 Å². The maximum absolute atomic E-state index is 12.8. The van der Waals surface area contributed by atoms with Gasteiger partial charge in [-0.2, -0.15) is 5.26 Å². The van der Waals surface area contributed by atoms with E-state index in [0.717, 1.165) is 18.4 Å². The van der Waals surface area contributed by atoms with E-state index in [0.29, 0.717) is 30.1 Å². The van der Waals surface area contributed by atoms with Crippen molar-refractivity contribution in [1.82, 2.24) is 4.90 Å². The molecule has 6 nitrogen and oxygen atoms in total. The predicted molar refractivity (Wildman–Crippen MR) is 97.8 cm³/mol. The topological polar surface area (TPSA) is 90.6 Å². The van der Waals surface area contributed by atoms with E-state index in [1.165, 1.54) is 17.7 Å². The summed E-state index contributed by atoms with van der Waals surface area (Å²) in [7, 11) is 0. The van der Waals surface area contributed by atoms with Gasteiger partial charge in [0.25, 0.3) is 5.91 Å². The fourth-order valence-electron chi connectivity index (χ4n) is 3.38. The summed E-state index contributed by atoms with van der Waals surface area (Å²) in [6, 6.07) is 14.3. The summed E-state index contributed by atoms with van der Waals surface area (Å²) in [6.07, 6.45) is 1.70. The number of piperidine rings is 1. The van der Waals surface area contributed by atoms with Crippen molar-refractivity contribution in [2.45, 2.75) is 25.7 Å². The van der Waals surface area contributed by atoms with Gasteiger partial charge < -0.3 is 15.3 Å².